The summed E-state index contributed by atoms with van der Waals surface area (Å²) in [6.07, 6.45) is 0. The highest BCUT2D eigenvalue weighted by atomic mass is 35.5. The molecule has 1 aliphatic carbocycles. The van der Waals surface area contributed by atoms with Crippen molar-refractivity contribution in [2.24, 2.45) is 11.8 Å². The lowest BCUT2D eigenvalue weighted by Crippen LogP contribution is -2.21. The molecule has 0 aromatic heterocycles. The normalized spacial score (nSPS) is 30.6. The number of rotatable bonds is 2. The molecule has 2 aliphatic rings. The van der Waals surface area contributed by atoms with E-state index in [2.05, 4.69) is 16.7 Å². The summed E-state index contributed by atoms with van der Waals surface area (Å²) in [5.41, 5.74) is 1.54. The van der Waals surface area contributed by atoms with E-state index < -0.39 is 0 Å². The molecule has 4 heteroatoms. The minimum atomic E-state index is 0.520. The van der Waals surface area contributed by atoms with Gasteiger partial charge in [-0.15, -0.1) is 0 Å². The molecule has 0 radical (unpaired) electrons. The van der Waals surface area contributed by atoms with Gasteiger partial charge in [-0.25, -0.2) is 0 Å². The fourth-order valence-electron chi connectivity index (χ4n) is 2.55. The summed E-state index contributed by atoms with van der Waals surface area (Å²) < 4.78 is 0. The molecular formula is C12H12ClN3. The highest BCUT2D eigenvalue weighted by Crippen LogP contribution is 2.44. The molecule has 0 bridgehead atoms. The van der Waals surface area contributed by atoms with Gasteiger partial charge in [0.1, 0.15) is 6.07 Å². The maximum Gasteiger partial charge on any atom is 0.101 e. The standard InChI is InChI=1S/C12H12ClN3/c13-8-2-1-7(4-14)11(3-8)16-12-9-5-15-6-10(9)12/h1-3,9-10,12,15-16H,5-6H2. The van der Waals surface area contributed by atoms with Crippen molar-refractivity contribution in [3.8, 4) is 6.07 Å². The molecule has 16 heavy (non-hydrogen) atoms. The Bertz CT molecular complexity index is 456. The van der Waals surface area contributed by atoms with Crippen molar-refractivity contribution in [2.45, 2.75) is 6.04 Å². The van der Waals surface area contributed by atoms with E-state index in [1.54, 1.807) is 12.1 Å². The van der Waals surface area contributed by atoms with Crippen molar-refractivity contribution in [2.75, 3.05) is 18.4 Å². The molecule has 1 aromatic rings. The van der Waals surface area contributed by atoms with Gasteiger partial charge in [0, 0.05) is 24.2 Å². The SMILES string of the molecule is N#Cc1ccc(Cl)cc1NC1C2CNCC21. The van der Waals surface area contributed by atoms with Gasteiger partial charge in [0.25, 0.3) is 0 Å². The number of piperidine rings is 1. The van der Waals surface area contributed by atoms with Gasteiger partial charge in [0.05, 0.1) is 11.3 Å². The number of anilines is 1. The Morgan fingerprint density at radius 3 is 2.81 bits per heavy atom. The average Bonchev–Trinajstić information content (AvgIpc) is 2.75. The van der Waals surface area contributed by atoms with Crippen LogP contribution in [-0.4, -0.2) is 19.1 Å². The van der Waals surface area contributed by atoms with Crippen LogP contribution in [0.3, 0.4) is 0 Å². The van der Waals surface area contributed by atoms with Crippen LogP contribution in [0.5, 0.6) is 0 Å². The lowest BCUT2D eigenvalue weighted by molar-refractivity contribution is 0.697. The number of benzene rings is 1. The highest BCUT2D eigenvalue weighted by molar-refractivity contribution is 6.30. The van der Waals surface area contributed by atoms with Crippen molar-refractivity contribution >= 4 is 17.3 Å². The Morgan fingerprint density at radius 2 is 2.12 bits per heavy atom. The summed E-state index contributed by atoms with van der Waals surface area (Å²) in [5.74, 6) is 1.45. The molecule has 1 saturated heterocycles. The first-order valence-electron chi connectivity index (χ1n) is 5.46. The molecule has 82 valence electrons. The van der Waals surface area contributed by atoms with Crippen molar-refractivity contribution in [3.63, 3.8) is 0 Å². The Hall–Kier alpha value is -1.24. The van der Waals surface area contributed by atoms with Crippen LogP contribution < -0.4 is 10.6 Å². The second-order valence-corrected chi connectivity index (χ2v) is 4.89. The second-order valence-electron chi connectivity index (χ2n) is 4.46. The summed E-state index contributed by atoms with van der Waals surface area (Å²) in [6.45, 7) is 2.18. The first-order chi connectivity index (χ1) is 7.79. The summed E-state index contributed by atoms with van der Waals surface area (Å²) in [7, 11) is 0. The second kappa shape index (κ2) is 3.65. The van der Waals surface area contributed by atoms with E-state index in [1.807, 2.05) is 6.07 Å². The first kappa shape index (κ1) is 9.95. The Kier molecular flexibility index (Phi) is 2.27. The number of fused-ring (bicyclic) bond motifs is 1. The van der Waals surface area contributed by atoms with E-state index >= 15 is 0 Å². The van der Waals surface area contributed by atoms with Crippen molar-refractivity contribution < 1.29 is 0 Å². The van der Waals surface area contributed by atoms with Crippen LogP contribution in [0.4, 0.5) is 5.69 Å². The predicted octanol–water partition coefficient (Wildman–Crippen LogP) is 1.84. The molecule has 0 spiro atoms. The monoisotopic (exact) mass is 233 g/mol. The predicted molar refractivity (Wildman–Crippen MR) is 63.4 cm³/mol. The van der Waals surface area contributed by atoms with Gasteiger partial charge < -0.3 is 10.6 Å². The van der Waals surface area contributed by atoms with E-state index in [-0.39, 0.29) is 0 Å². The van der Waals surface area contributed by atoms with Gasteiger partial charge in [-0.3, -0.25) is 0 Å². The fraction of sp³-hybridized carbons (Fsp3) is 0.417. The third kappa shape index (κ3) is 1.55. The van der Waals surface area contributed by atoms with Gasteiger partial charge in [-0.1, -0.05) is 11.6 Å². The molecular weight excluding hydrogens is 222 g/mol. The van der Waals surface area contributed by atoms with Crippen molar-refractivity contribution in [1.29, 1.82) is 5.26 Å². The quantitative estimate of drug-likeness (QED) is 0.820. The lowest BCUT2D eigenvalue weighted by atomic mass is 10.2. The van der Waals surface area contributed by atoms with E-state index in [9.17, 15) is 0 Å². The van der Waals surface area contributed by atoms with Gasteiger partial charge in [0.15, 0.2) is 0 Å². The van der Waals surface area contributed by atoms with E-state index in [0.29, 0.717) is 16.6 Å². The average molecular weight is 234 g/mol. The molecule has 2 atom stereocenters. The fourth-order valence-corrected chi connectivity index (χ4v) is 2.72. The molecule has 3 nitrogen and oxygen atoms in total. The number of nitriles is 1. The first-order valence-corrected chi connectivity index (χ1v) is 5.84. The number of hydrogen-bond donors (Lipinski definition) is 2. The highest BCUT2D eigenvalue weighted by Gasteiger charge is 2.53. The number of hydrogen-bond acceptors (Lipinski definition) is 3. The van der Waals surface area contributed by atoms with Crippen LogP contribution in [0.15, 0.2) is 18.2 Å². The summed E-state index contributed by atoms with van der Waals surface area (Å²) >= 11 is 5.94. The van der Waals surface area contributed by atoms with Gasteiger partial charge in [-0.05, 0) is 30.0 Å². The van der Waals surface area contributed by atoms with Crippen LogP contribution in [0.2, 0.25) is 5.02 Å². The Labute approximate surface area is 99.4 Å². The Morgan fingerprint density at radius 1 is 1.38 bits per heavy atom. The third-order valence-electron chi connectivity index (χ3n) is 3.52. The van der Waals surface area contributed by atoms with Crippen LogP contribution >= 0.6 is 11.6 Å². The smallest absolute Gasteiger partial charge is 0.101 e. The van der Waals surface area contributed by atoms with Crippen molar-refractivity contribution in [1.82, 2.24) is 5.32 Å². The molecule has 2 fully saturated rings. The molecule has 1 aromatic carbocycles. The van der Waals surface area contributed by atoms with Gasteiger partial charge in [0.2, 0.25) is 0 Å². The molecule has 0 amide bonds. The minimum absolute atomic E-state index is 0.520. The molecule has 1 saturated carbocycles. The maximum atomic E-state index is 9.00. The summed E-state index contributed by atoms with van der Waals surface area (Å²) in [4.78, 5) is 0. The topological polar surface area (TPSA) is 47.9 Å². The zero-order chi connectivity index (χ0) is 11.1. The summed E-state index contributed by atoms with van der Waals surface area (Å²) in [5, 5.41) is 16.4. The molecule has 1 aliphatic heterocycles. The van der Waals surface area contributed by atoms with E-state index in [0.717, 1.165) is 30.6 Å². The Balaban J connectivity index is 1.79. The van der Waals surface area contributed by atoms with E-state index in [1.165, 1.54) is 0 Å². The van der Waals surface area contributed by atoms with Crippen LogP contribution in [-0.2, 0) is 0 Å². The van der Waals surface area contributed by atoms with Crippen LogP contribution in [0, 0.1) is 23.2 Å². The summed E-state index contributed by atoms with van der Waals surface area (Å²) in [6, 6.07) is 8.06. The van der Waals surface area contributed by atoms with Crippen molar-refractivity contribution in [3.05, 3.63) is 28.8 Å². The van der Waals surface area contributed by atoms with E-state index in [4.69, 9.17) is 16.9 Å². The zero-order valence-corrected chi connectivity index (χ0v) is 9.46. The van der Waals surface area contributed by atoms with Gasteiger partial charge in [-0.2, -0.15) is 5.26 Å². The molecule has 1 heterocycles. The number of halogens is 1. The maximum absolute atomic E-state index is 9.00. The largest absolute Gasteiger partial charge is 0.381 e. The molecule has 2 unspecified atom stereocenters. The number of nitrogens with zero attached hydrogens (tertiary/aromatic N) is 1. The number of nitrogens with one attached hydrogen (secondary N) is 2. The van der Waals surface area contributed by atoms with Gasteiger partial charge >= 0.3 is 0 Å². The van der Waals surface area contributed by atoms with Crippen LogP contribution in [0.25, 0.3) is 0 Å². The minimum Gasteiger partial charge on any atom is -0.381 e. The third-order valence-corrected chi connectivity index (χ3v) is 3.75. The molecule has 2 N–H and O–H groups in total. The molecule has 3 rings (SSSR count). The lowest BCUT2D eigenvalue weighted by Gasteiger charge is -2.10. The van der Waals surface area contributed by atoms with Crippen LogP contribution in [0.1, 0.15) is 5.56 Å². The zero-order valence-electron chi connectivity index (χ0n) is 8.70.